The van der Waals surface area contributed by atoms with Crippen LogP contribution in [0.25, 0.3) is 0 Å². The summed E-state index contributed by atoms with van der Waals surface area (Å²) in [6.45, 7) is 4.92. The lowest BCUT2D eigenvalue weighted by Gasteiger charge is -2.35. The van der Waals surface area contributed by atoms with Crippen LogP contribution in [-0.4, -0.2) is 65.9 Å². The van der Waals surface area contributed by atoms with E-state index in [1.165, 1.54) is 6.08 Å². The summed E-state index contributed by atoms with van der Waals surface area (Å²) in [5, 5.41) is 2.59. The van der Waals surface area contributed by atoms with Crippen molar-refractivity contribution in [3.8, 4) is 0 Å². The average Bonchev–Trinajstić information content (AvgIpc) is 3.27. The van der Waals surface area contributed by atoms with Crippen molar-refractivity contribution in [1.82, 2.24) is 15.1 Å². The Balaban J connectivity index is 1.85. The Bertz CT molecular complexity index is 508. The van der Waals surface area contributed by atoms with E-state index in [4.69, 9.17) is 4.74 Å². The van der Waals surface area contributed by atoms with Gasteiger partial charge in [0.2, 0.25) is 0 Å². The van der Waals surface area contributed by atoms with Crippen LogP contribution in [0.2, 0.25) is 0 Å². The Morgan fingerprint density at radius 3 is 2.60 bits per heavy atom. The maximum atomic E-state index is 12.5. The molecule has 0 aromatic rings. The van der Waals surface area contributed by atoms with Gasteiger partial charge in [0.1, 0.15) is 0 Å². The first-order valence-corrected chi connectivity index (χ1v) is 6.81. The fourth-order valence-corrected chi connectivity index (χ4v) is 2.51. The minimum Gasteiger partial charge on any atom is -0.450 e. The molecule has 1 atom stereocenters. The van der Waals surface area contributed by atoms with E-state index in [0.717, 1.165) is 13.1 Å². The van der Waals surface area contributed by atoms with Gasteiger partial charge in [0.05, 0.1) is 18.7 Å². The molecule has 108 valence electrons. The van der Waals surface area contributed by atoms with Gasteiger partial charge in [-0.05, 0) is 6.92 Å². The zero-order chi connectivity index (χ0) is 14.3. The molecule has 0 saturated carbocycles. The van der Waals surface area contributed by atoms with Crippen LogP contribution in [0.1, 0.15) is 13.3 Å². The first-order chi connectivity index (χ1) is 9.56. The number of alkyl carbamates (subject to hydrolysis) is 1. The maximum absolute atomic E-state index is 12.5. The monoisotopic (exact) mass is 279 g/mol. The number of rotatable bonds is 4. The van der Waals surface area contributed by atoms with Gasteiger partial charge in [0, 0.05) is 32.3 Å². The quantitative estimate of drug-likeness (QED) is 0.698. The largest absolute Gasteiger partial charge is 0.450 e. The summed E-state index contributed by atoms with van der Waals surface area (Å²) in [6, 6.07) is 0. The normalized spacial score (nSPS) is 29.1. The molecule has 2 fully saturated rings. The van der Waals surface area contributed by atoms with Crippen LogP contribution in [0.4, 0.5) is 4.79 Å². The fourth-order valence-electron chi connectivity index (χ4n) is 2.51. The molecule has 0 bridgehead atoms. The molecule has 20 heavy (non-hydrogen) atoms. The van der Waals surface area contributed by atoms with Crippen LogP contribution >= 0.6 is 0 Å². The van der Waals surface area contributed by atoms with Crippen molar-refractivity contribution >= 4 is 17.7 Å². The zero-order valence-electron chi connectivity index (χ0n) is 11.3. The van der Waals surface area contributed by atoms with Crippen molar-refractivity contribution < 1.29 is 19.1 Å². The van der Waals surface area contributed by atoms with Crippen molar-refractivity contribution in [1.29, 1.82) is 0 Å². The molecule has 2 heterocycles. The van der Waals surface area contributed by atoms with E-state index in [9.17, 15) is 14.4 Å². The molecule has 7 heteroatoms. The zero-order valence-corrected chi connectivity index (χ0v) is 11.3. The van der Waals surface area contributed by atoms with Gasteiger partial charge in [-0.15, -0.1) is 0 Å². The Labute approximate surface area is 116 Å². The van der Waals surface area contributed by atoms with E-state index >= 15 is 0 Å². The van der Waals surface area contributed by atoms with Crippen molar-refractivity contribution in [2.75, 3.05) is 32.8 Å². The molecule has 0 aromatic carbocycles. The van der Waals surface area contributed by atoms with Crippen LogP contribution < -0.4 is 5.32 Å². The average molecular weight is 279 g/mol. The van der Waals surface area contributed by atoms with Gasteiger partial charge in [0.25, 0.3) is 0 Å². The highest BCUT2D eigenvalue weighted by molar-refractivity contribution is 6.13. The van der Waals surface area contributed by atoms with E-state index in [2.05, 4.69) is 5.32 Å². The van der Waals surface area contributed by atoms with Gasteiger partial charge in [-0.2, -0.15) is 0 Å². The summed E-state index contributed by atoms with van der Waals surface area (Å²) in [6.07, 6.45) is 0.681. The lowest BCUT2D eigenvalue weighted by Crippen LogP contribution is -2.62. The number of ketones is 2. The molecule has 2 saturated heterocycles. The number of hydrogen-bond acceptors (Lipinski definition) is 6. The number of allylic oxidation sites excluding steroid dienone is 1. The van der Waals surface area contributed by atoms with Gasteiger partial charge in [-0.25, -0.2) is 4.79 Å². The summed E-state index contributed by atoms with van der Waals surface area (Å²) in [5.74, 6) is -0.352. The summed E-state index contributed by atoms with van der Waals surface area (Å²) < 4.78 is 4.85. The number of carbonyl (C=O) groups is 3. The predicted molar refractivity (Wildman–Crippen MR) is 68.7 cm³/mol. The van der Waals surface area contributed by atoms with Crippen LogP contribution in [0, 0.1) is 0 Å². The molecule has 1 aliphatic carbocycles. The highest BCUT2D eigenvalue weighted by Gasteiger charge is 2.54. The highest BCUT2D eigenvalue weighted by Crippen LogP contribution is 2.33. The Hall–Kier alpha value is -1.89. The molecule has 3 rings (SSSR count). The summed E-state index contributed by atoms with van der Waals surface area (Å²) in [4.78, 5) is 40.0. The number of nitrogens with one attached hydrogen (secondary N) is 1. The highest BCUT2D eigenvalue weighted by atomic mass is 16.5. The molecule has 7 nitrogen and oxygen atoms in total. The Morgan fingerprint density at radius 2 is 2.05 bits per heavy atom. The molecular formula is C13H17N3O4. The third kappa shape index (κ3) is 2.18. The van der Waals surface area contributed by atoms with Gasteiger partial charge in [-0.3, -0.25) is 19.8 Å². The second-order valence-corrected chi connectivity index (χ2v) is 5.17. The summed E-state index contributed by atoms with van der Waals surface area (Å²) >= 11 is 0. The number of nitrogens with zero attached hydrogens (tertiary/aromatic N) is 2. The molecule has 0 spiro atoms. The summed E-state index contributed by atoms with van der Waals surface area (Å²) in [7, 11) is 0. The maximum Gasteiger partial charge on any atom is 0.408 e. The number of amides is 1. The van der Waals surface area contributed by atoms with E-state index in [1.54, 1.807) is 11.8 Å². The van der Waals surface area contributed by atoms with Crippen LogP contribution in [0.3, 0.4) is 0 Å². The second kappa shape index (κ2) is 4.59. The number of ether oxygens (including phenoxy) is 1. The van der Waals surface area contributed by atoms with Crippen molar-refractivity contribution in [3.63, 3.8) is 0 Å². The Morgan fingerprint density at radius 1 is 1.35 bits per heavy atom. The van der Waals surface area contributed by atoms with Gasteiger partial charge >= 0.3 is 6.09 Å². The van der Waals surface area contributed by atoms with Crippen LogP contribution in [0.5, 0.6) is 0 Å². The fraction of sp³-hybridized carbons (Fsp3) is 0.615. The van der Waals surface area contributed by atoms with Crippen molar-refractivity contribution in [2.24, 2.45) is 0 Å². The smallest absolute Gasteiger partial charge is 0.408 e. The van der Waals surface area contributed by atoms with E-state index in [1.807, 2.05) is 4.90 Å². The lowest BCUT2D eigenvalue weighted by atomic mass is 9.89. The molecule has 2 aliphatic heterocycles. The molecule has 1 N–H and O–H groups in total. The number of hydrogen-bond donors (Lipinski definition) is 1. The molecule has 1 unspecified atom stereocenters. The number of carbonyl (C=O) groups excluding carboxylic acids is 3. The predicted octanol–water partition coefficient (Wildman–Crippen LogP) is -0.514. The minimum absolute atomic E-state index is 0.0209. The van der Waals surface area contributed by atoms with E-state index in [-0.39, 0.29) is 24.6 Å². The molecule has 0 aromatic heterocycles. The standard InChI is InChI=1S/C13H17N3O4/c1-2-20-12(19)14-13(16-5-6-16)8-10(17)9(7-11(13)18)15-3-4-15/h7H,2-6,8H2,1H3,(H,14,19). The molecule has 0 radical (unpaired) electrons. The molecule has 3 aliphatic rings. The van der Waals surface area contributed by atoms with Gasteiger partial charge < -0.3 is 9.64 Å². The number of Topliss-reactive ketones (excluding diaryl/α,β-unsaturated/α-hetero) is 1. The van der Waals surface area contributed by atoms with E-state index < -0.39 is 11.8 Å². The topological polar surface area (TPSA) is 78.5 Å². The minimum atomic E-state index is -1.25. The van der Waals surface area contributed by atoms with Crippen LogP contribution in [0.15, 0.2) is 11.8 Å². The Kier molecular flexibility index (Phi) is 3.01. The van der Waals surface area contributed by atoms with Crippen molar-refractivity contribution in [3.05, 3.63) is 11.8 Å². The third-order valence-corrected chi connectivity index (χ3v) is 3.74. The summed E-state index contributed by atoms with van der Waals surface area (Å²) in [5.41, 5.74) is -0.777. The lowest BCUT2D eigenvalue weighted by molar-refractivity contribution is -0.132. The van der Waals surface area contributed by atoms with E-state index in [0.29, 0.717) is 18.8 Å². The second-order valence-electron chi connectivity index (χ2n) is 5.17. The molecule has 1 amide bonds. The van der Waals surface area contributed by atoms with Gasteiger partial charge in [0.15, 0.2) is 17.2 Å². The van der Waals surface area contributed by atoms with Crippen molar-refractivity contribution in [2.45, 2.75) is 19.0 Å². The third-order valence-electron chi connectivity index (χ3n) is 3.74. The SMILES string of the molecule is CCOC(=O)NC1(N2CC2)CC(=O)C(N2CC2)=CC1=O. The first kappa shape index (κ1) is 13.1. The van der Waals surface area contributed by atoms with Crippen LogP contribution in [-0.2, 0) is 14.3 Å². The first-order valence-electron chi connectivity index (χ1n) is 6.81. The van der Waals surface area contributed by atoms with Gasteiger partial charge in [-0.1, -0.05) is 0 Å². The molecular weight excluding hydrogens is 262 g/mol.